The van der Waals surface area contributed by atoms with Gasteiger partial charge in [0.2, 0.25) is 5.82 Å². The molecule has 0 spiro atoms. The van der Waals surface area contributed by atoms with Crippen LogP contribution in [-0.4, -0.2) is 37.6 Å². The summed E-state index contributed by atoms with van der Waals surface area (Å²) in [4.78, 5) is 30.5. The van der Waals surface area contributed by atoms with Crippen LogP contribution in [0.5, 0.6) is 0 Å². The second kappa shape index (κ2) is 16.2. The first-order chi connectivity index (χ1) is 21.2. The van der Waals surface area contributed by atoms with E-state index >= 15 is 0 Å². The number of nitrogens with zero attached hydrogens (tertiary/aromatic N) is 4. The van der Waals surface area contributed by atoms with Crippen LogP contribution in [-0.2, 0) is 24.3 Å². The Bertz CT molecular complexity index is 1630. The van der Waals surface area contributed by atoms with Crippen molar-refractivity contribution in [2.24, 2.45) is 0 Å². The lowest BCUT2D eigenvalue weighted by molar-refractivity contribution is 0.0692. The molecular formula is C33H42N4O6S. The first-order valence-corrected chi connectivity index (χ1v) is 15.7. The Balaban J connectivity index is 0.00000259. The van der Waals surface area contributed by atoms with E-state index in [0.717, 1.165) is 62.0 Å². The second-order valence-electron chi connectivity index (χ2n) is 9.96. The largest absolute Gasteiger partial charge is 0.477 e. The summed E-state index contributed by atoms with van der Waals surface area (Å²) < 4.78 is 13.5. The third-order valence-electron chi connectivity index (χ3n) is 7.04. The Morgan fingerprint density at radius 3 is 2.45 bits per heavy atom. The first kappa shape index (κ1) is 34.6. The maximum Gasteiger partial charge on any atom is 0.343 e. The van der Waals surface area contributed by atoms with Crippen LogP contribution < -0.4 is 10.0 Å². The summed E-state index contributed by atoms with van der Waals surface area (Å²) in [5, 5.41) is 24.5. The molecule has 0 saturated heterocycles. The number of hydrogen-bond donors (Lipinski definition) is 2. The van der Waals surface area contributed by atoms with E-state index in [1.807, 2.05) is 70.2 Å². The standard InChI is InChI=1S/C31H36N4O6S.C2H6/c1-6-8-13-27-32-20(4)28(31(37)38)30(36)34(27)17-22-14-15-24(23(16-22)18-40-7-2)25-11-9-10-12-26(25)42-35(39)29-19(3)21(5)41-33-29;1-2/h9-12,14-16,39H,6-8,13,17-18H2,1-5H3,(H,37,38);1-2H3. The van der Waals surface area contributed by atoms with Gasteiger partial charge in [0.25, 0.3) is 5.56 Å². The fourth-order valence-corrected chi connectivity index (χ4v) is 5.52. The van der Waals surface area contributed by atoms with Crippen molar-refractivity contribution in [3.05, 3.63) is 92.4 Å². The van der Waals surface area contributed by atoms with Gasteiger partial charge in [-0.1, -0.05) is 68.7 Å². The van der Waals surface area contributed by atoms with E-state index in [9.17, 15) is 19.9 Å². The minimum absolute atomic E-state index is 0.177. The maximum absolute atomic E-state index is 13.3. The van der Waals surface area contributed by atoms with Gasteiger partial charge in [-0.2, -0.15) is 4.47 Å². The lowest BCUT2D eigenvalue weighted by Crippen LogP contribution is -2.32. The van der Waals surface area contributed by atoms with E-state index in [1.54, 1.807) is 13.8 Å². The van der Waals surface area contributed by atoms with Crippen molar-refractivity contribution in [2.45, 2.75) is 85.8 Å². The Hall–Kier alpha value is -3.93. The zero-order chi connectivity index (χ0) is 32.4. The van der Waals surface area contributed by atoms with Crippen molar-refractivity contribution in [1.82, 2.24) is 14.7 Å². The van der Waals surface area contributed by atoms with E-state index in [-0.39, 0.29) is 17.8 Å². The number of ether oxygens (including phenoxy) is 1. The van der Waals surface area contributed by atoms with Gasteiger partial charge in [0.15, 0.2) is 0 Å². The molecule has 0 radical (unpaired) electrons. The molecule has 44 heavy (non-hydrogen) atoms. The number of aromatic nitrogens is 3. The lowest BCUT2D eigenvalue weighted by Gasteiger charge is -2.19. The van der Waals surface area contributed by atoms with Crippen molar-refractivity contribution in [3.63, 3.8) is 0 Å². The topological polar surface area (TPSA) is 131 Å². The Labute approximate surface area is 262 Å². The number of anilines is 1. The summed E-state index contributed by atoms with van der Waals surface area (Å²) in [6.07, 6.45) is 2.32. The summed E-state index contributed by atoms with van der Waals surface area (Å²) >= 11 is 1.12. The van der Waals surface area contributed by atoms with Crippen LogP contribution in [0.2, 0.25) is 0 Å². The van der Waals surface area contributed by atoms with Gasteiger partial charge in [-0.25, -0.2) is 9.78 Å². The first-order valence-electron chi connectivity index (χ1n) is 14.9. The number of aryl methyl sites for hydroxylation is 3. The molecule has 4 rings (SSSR count). The summed E-state index contributed by atoms with van der Waals surface area (Å²) in [6, 6.07) is 13.6. The molecule has 2 N–H and O–H groups in total. The molecule has 0 aliphatic heterocycles. The molecule has 0 amide bonds. The summed E-state index contributed by atoms with van der Waals surface area (Å²) in [5.41, 5.74) is 3.60. The van der Waals surface area contributed by atoms with Crippen LogP contribution in [0, 0.1) is 20.8 Å². The van der Waals surface area contributed by atoms with Crippen molar-refractivity contribution in [1.29, 1.82) is 0 Å². The third-order valence-corrected chi connectivity index (χ3v) is 7.94. The Morgan fingerprint density at radius 2 is 1.82 bits per heavy atom. The molecule has 4 aromatic rings. The zero-order valence-electron chi connectivity index (χ0n) is 26.5. The van der Waals surface area contributed by atoms with Crippen LogP contribution in [0.4, 0.5) is 5.82 Å². The smallest absolute Gasteiger partial charge is 0.343 e. The highest BCUT2D eigenvalue weighted by Crippen LogP contribution is 2.37. The fourth-order valence-electron chi connectivity index (χ4n) is 4.66. The third kappa shape index (κ3) is 7.96. The van der Waals surface area contributed by atoms with Gasteiger partial charge in [-0.3, -0.25) is 14.6 Å². The normalized spacial score (nSPS) is 10.8. The molecule has 0 aliphatic rings. The molecule has 0 atom stereocenters. The summed E-state index contributed by atoms with van der Waals surface area (Å²) in [6.45, 7) is 14.2. The van der Waals surface area contributed by atoms with E-state index in [2.05, 4.69) is 17.1 Å². The number of benzene rings is 2. The highest BCUT2D eigenvalue weighted by molar-refractivity contribution is 8.00. The van der Waals surface area contributed by atoms with E-state index in [1.165, 1.54) is 4.57 Å². The average Bonchev–Trinajstić information content (AvgIpc) is 3.35. The number of carboxylic acid groups (broad SMARTS) is 1. The molecule has 0 saturated carbocycles. The molecule has 0 bridgehead atoms. The number of carbonyl (C=O) groups is 1. The van der Waals surface area contributed by atoms with Crippen molar-refractivity contribution in [2.75, 3.05) is 11.1 Å². The van der Waals surface area contributed by atoms with Crippen LogP contribution >= 0.6 is 11.9 Å². The summed E-state index contributed by atoms with van der Waals surface area (Å²) in [7, 11) is 0. The summed E-state index contributed by atoms with van der Waals surface area (Å²) in [5.74, 6) is 0.247. The number of rotatable bonds is 13. The van der Waals surface area contributed by atoms with Gasteiger partial charge in [-0.05, 0) is 62.4 Å². The molecule has 0 unspecified atom stereocenters. The Kier molecular flexibility index (Phi) is 12.7. The number of aromatic carboxylic acids is 1. The molecule has 2 heterocycles. The molecule has 236 valence electrons. The SMILES string of the molecule is CC.CCCCc1nc(C)c(C(=O)O)c(=O)n1Cc1ccc(-c2ccccc2SN(O)c2noc(C)c2C)c(COCC)c1. The number of hydrogen-bond acceptors (Lipinski definition) is 9. The minimum atomic E-state index is -1.28. The van der Waals surface area contributed by atoms with Crippen molar-refractivity contribution >= 4 is 23.7 Å². The van der Waals surface area contributed by atoms with Gasteiger partial charge in [-0.15, -0.1) is 0 Å². The van der Waals surface area contributed by atoms with Gasteiger partial charge < -0.3 is 14.4 Å². The van der Waals surface area contributed by atoms with Crippen LogP contribution in [0.25, 0.3) is 11.1 Å². The fraction of sp³-hybridized carbons (Fsp3) is 0.394. The number of carboxylic acids is 1. The van der Waals surface area contributed by atoms with Crippen molar-refractivity contribution < 1.29 is 24.4 Å². The second-order valence-corrected chi connectivity index (χ2v) is 10.9. The van der Waals surface area contributed by atoms with Crippen LogP contribution in [0.3, 0.4) is 0 Å². The van der Waals surface area contributed by atoms with Gasteiger partial charge in [0, 0.05) is 35.4 Å². The number of unbranched alkanes of at least 4 members (excludes halogenated alkanes) is 1. The predicted octanol–water partition coefficient (Wildman–Crippen LogP) is 7.38. The van der Waals surface area contributed by atoms with E-state index < -0.39 is 11.5 Å². The molecule has 2 aromatic carbocycles. The van der Waals surface area contributed by atoms with Gasteiger partial charge in [0.1, 0.15) is 17.1 Å². The quantitative estimate of drug-likeness (QED) is 0.115. The monoisotopic (exact) mass is 622 g/mol. The molecule has 10 nitrogen and oxygen atoms in total. The molecule has 0 aliphatic carbocycles. The van der Waals surface area contributed by atoms with Crippen molar-refractivity contribution in [3.8, 4) is 11.1 Å². The highest BCUT2D eigenvalue weighted by atomic mass is 32.2. The predicted molar refractivity (Wildman–Crippen MR) is 173 cm³/mol. The van der Waals surface area contributed by atoms with Gasteiger partial charge >= 0.3 is 5.97 Å². The Morgan fingerprint density at radius 1 is 1.09 bits per heavy atom. The van der Waals surface area contributed by atoms with Crippen LogP contribution in [0.15, 0.2) is 56.7 Å². The maximum atomic E-state index is 13.3. The molecule has 0 fully saturated rings. The lowest BCUT2D eigenvalue weighted by atomic mass is 9.97. The highest BCUT2D eigenvalue weighted by Gasteiger charge is 2.21. The molecule has 2 aromatic heterocycles. The molecule has 11 heteroatoms. The molecular weight excluding hydrogens is 580 g/mol. The van der Waals surface area contributed by atoms with E-state index in [4.69, 9.17) is 9.26 Å². The van der Waals surface area contributed by atoms with E-state index in [0.29, 0.717) is 37.0 Å². The zero-order valence-corrected chi connectivity index (χ0v) is 27.3. The minimum Gasteiger partial charge on any atom is -0.477 e. The van der Waals surface area contributed by atoms with Crippen LogP contribution in [0.1, 0.15) is 84.9 Å². The average molecular weight is 623 g/mol. The van der Waals surface area contributed by atoms with Gasteiger partial charge in [0.05, 0.1) is 18.8 Å².